The van der Waals surface area contributed by atoms with Gasteiger partial charge >= 0.3 is 5.97 Å². The summed E-state index contributed by atoms with van der Waals surface area (Å²) in [5.41, 5.74) is 0. The van der Waals surface area contributed by atoms with Gasteiger partial charge in [0.25, 0.3) is 0 Å². The molecule has 0 aromatic heterocycles. The number of carboxylic acids is 1. The van der Waals surface area contributed by atoms with Crippen LogP contribution in [0.25, 0.3) is 0 Å². The molecule has 1 heterocycles. The topological polar surface area (TPSA) is 40.5 Å². The fourth-order valence-corrected chi connectivity index (χ4v) is 1.10. The highest BCUT2D eigenvalue weighted by Crippen LogP contribution is 2.05. The van der Waals surface area contributed by atoms with Crippen LogP contribution in [0.2, 0.25) is 0 Å². The van der Waals surface area contributed by atoms with Crippen molar-refractivity contribution in [1.29, 1.82) is 0 Å². The fourth-order valence-electron chi connectivity index (χ4n) is 1.10. The Balaban J connectivity index is 2.07. The summed E-state index contributed by atoms with van der Waals surface area (Å²) in [6.07, 6.45) is 3.56. The van der Waals surface area contributed by atoms with Gasteiger partial charge in [0.15, 0.2) is 0 Å². The van der Waals surface area contributed by atoms with Crippen molar-refractivity contribution in [2.45, 2.75) is 12.8 Å². The monoisotopic (exact) mass is 142 g/mol. The van der Waals surface area contributed by atoms with Crippen LogP contribution in [-0.2, 0) is 4.79 Å². The minimum absolute atomic E-state index is 0.272. The Kier molecular flexibility index (Phi) is 2.68. The summed E-state index contributed by atoms with van der Waals surface area (Å²) >= 11 is 0. The molecule has 1 N–H and O–H groups in total. The summed E-state index contributed by atoms with van der Waals surface area (Å²) in [5.74, 6) is -0.702. The molecular weight excluding hydrogens is 130 g/mol. The number of aliphatic carboxylic acids is 1. The van der Waals surface area contributed by atoms with Gasteiger partial charge in [0.2, 0.25) is 0 Å². The molecule has 1 fully saturated rings. The number of hydrogen-bond donors (Lipinski definition) is 1. The van der Waals surface area contributed by atoms with E-state index in [2.05, 4.69) is 11.3 Å². The molecule has 57 valence electrons. The number of carbonyl (C=O) groups is 1. The van der Waals surface area contributed by atoms with Crippen molar-refractivity contribution < 1.29 is 9.90 Å². The van der Waals surface area contributed by atoms with Gasteiger partial charge in [-0.2, -0.15) is 0 Å². The largest absolute Gasteiger partial charge is 0.481 e. The fraction of sp³-hybridized carbons (Fsp3) is 0.714. The van der Waals surface area contributed by atoms with Gasteiger partial charge in [-0.3, -0.25) is 4.79 Å². The van der Waals surface area contributed by atoms with Gasteiger partial charge in [0, 0.05) is 13.1 Å². The van der Waals surface area contributed by atoms with E-state index in [4.69, 9.17) is 5.11 Å². The molecule has 0 saturated carbocycles. The number of hydrogen-bond acceptors (Lipinski definition) is 2. The van der Waals surface area contributed by atoms with Gasteiger partial charge in [-0.1, -0.05) is 0 Å². The first-order valence-electron chi connectivity index (χ1n) is 3.55. The maximum Gasteiger partial charge on any atom is 0.304 e. The predicted molar refractivity (Wildman–Crippen MR) is 37.6 cm³/mol. The number of rotatable bonds is 3. The highest BCUT2D eigenvalue weighted by Gasteiger charge is 2.11. The van der Waals surface area contributed by atoms with Crippen LogP contribution in [0.15, 0.2) is 0 Å². The molecule has 0 bridgehead atoms. The quantitative estimate of drug-likeness (QED) is 0.619. The Bertz CT molecular complexity index is 119. The molecule has 0 aromatic rings. The van der Waals surface area contributed by atoms with E-state index in [0.29, 0.717) is 6.54 Å². The normalized spacial score (nSPS) is 19.6. The highest BCUT2D eigenvalue weighted by molar-refractivity contribution is 5.66. The average Bonchev–Trinajstić information content (AvgIpc) is 2.34. The lowest BCUT2D eigenvalue weighted by molar-refractivity contribution is -0.137. The van der Waals surface area contributed by atoms with Crippen LogP contribution in [0.3, 0.4) is 0 Å². The van der Waals surface area contributed by atoms with E-state index in [9.17, 15) is 4.79 Å². The van der Waals surface area contributed by atoms with E-state index in [1.54, 1.807) is 0 Å². The van der Waals surface area contributed by atoms with E-state index >= 15 is 0 Å². The van der Waals surface area contributed by atoms with Crippen LogP contribution in [0.4, 0.5) is 0 Å². The van der Waals surface area contributed by atoms with Crippen LogP contribution in [-0.4, -0.2) is 35.6 Å². The van der Waals surface area contributed by atoms with E-state index in [1.807, 2.05) is 0 Å². The molecule has 1 radical (unpaired) electrons. The Hall–Kier alpha value is -0.570. The van der Waals surface area contributed by atoms with Crippen molar-refractivity contribution >= 4 is 5.97 Å². The lowest BCUT2D eigenvalue weighted by Crippen LogP contribution is -2.22. The first-order chi connectivity index (χ1) is 4.79. The SMILES string of the molecule is O=C(O)CCN1C[CH]CC1. The second kappa shape index (κ2) is 3.56. The number of nitrogens with zero attached hydrogens (tertiary/aromatic N) is 1. The molecule has 3 heteroatoms. The van der Waals surface area contributed by atoms with E-state index in [1.165, 1.54) is 0 Å². The number of likely N-dealkylation sites (tertiary alicyclic amines) is 1. The molecule has 1 rings (SSSR count). The van der Waals surface area contributed by atoms with Gasteiger partial charge in [-0.25, -0.2) is 0 Å². The molecule has 0 atom stereocenters. The molecule has 3 nitrogen and oxygen atoms in total. The van der Waals surface area contributed by atoms with Crippen molar-refractivity contribution in [1.82, 2.24) is 4.90 Å². The molecular formula is C7H12NO2. The van der Waals surface area contributed by atoms with Crippen molar-refractivity contribution in [3.05, 3.63) is 6.42 Å². The summed E-state index contributed by atoms with van der Waals surface area (Å²) in [7, 11) is 0. The summed E-state index contributed by atoms with van der Waals surface area (Å²) in [6.45, 7) is 2.70. The van der Waals surface area contributed by atoms with Crippen LogP contribution < -0.4 is 0 Å². The zero-order valence-corrected chi connectivity index (χ0v) is 5.92. The summed E-state index contributed by atoms with van der Waals surface area (Å²) in [4.78, 5) is 12.3. The summed E-state index contributed by atoms with van der Waals surface area (Å²) in [5, 5.41) is 8.34. The molecule has 0 aromatic carbocycles. The smallest absolute Gasteiger partial charge is 0.304 e. The van der Waals surface area contributed by atoms with Crippen molar-refractivity contribution in [3.63, 3.8) is 0 Å². The van der Waals surface area contributed by atoms with Gasteiger partial charge in [-0.15, -0.1) is 0 Å². The second-order valence-electron chi connectivity index (χ2n) is 2.52. The molecule has 1 aliphatic rings. The third kappa shape index (κ3) is 2.35. The Morgan fingerprint density at radius 2 is 2.50 bits per heavy atom. The van der Waals surface area contributed by atoms with E-state index in [0.717, 1.165) is 19.5 Å². The van der Waals surface area contributed by atoms with E-state index < -0.39 is 5.97 Å². The number of carboxylic acid groups (broad SMARTS) is 1. The summed E-state index contributed by atoms with van der Waals surface area (Å²) < 4.78 is 0. The minimum atomic E-state index is -0.702. The van der Waals surface area contributed by atoms with Gasteiger partial charge in [0.1, 0.15) is 0 Å². The standard InChI is InChI=1S/C7H12NO2/c9-7(10)3-6-8-4-1-2-5-8/h1H,2-6H2,(H,9,10). The maximum absolute atomic E-state index is 10.1. The molecule has 0 amide bonds. The van der Waals surface area contributed by atoms with Crippen molar-refractivity contribution in [2.24, 2.45) is 0 Å². The Labute approximate surface area is 60.6 Å². The first-order valence-corrected chi connectivity index (χ1v) is 3.55. The minimum Gasteiger partial charge on any atom is -0.481 e. The van der Waals surface area contributed by atoms with Gasteiger partial charge in [0.05, 0.1) is 6.42 Å². The third-order valence-corrected chi connectivity index (χ3v) is 1.68. The van der Waals surface area contributed by atoms with Gasteiger partial charge < -0.3 is 10.0 Å². The first kappa shape index (κ1) is 7.54. The Morgan fingerprint density at radius 1 is 1.70 bits per heavy atom. The Morgan fingerprint density at radius 3 is 3.00 bits per heavy atom. The maximum atomic E-state index is 10.1. The third-order valence-electron chi connectivity index (χ3n) is 1.68. The summed E-state index contributed by atoms with van der Waals surface area (Å²) in [6, 6.07) is 0. The van der Waals surface area contributed by atoms with Crippen molar-refractivity contribution in [3.8, 4) is 0 Å². The molecule has 0 unspecified atom stereocenters. The van der Waals surface area contributed by atoms with Crippen LogP contribution >= 0.6 is 0 Å². The molecule has 10 heavy (non-hydrogen) atoms. The molecule has 0 spiro atoms. The molecule has 0 aliphatic carbocycles. The zero-order valence-electron chi connectivity index (χ0n) is 5.92. The lowest BCUT2D eigenvalue weighted by atomic mass is 10.4. The second-order valence-corrected chi connectivity index (χ2v) is 2.52. The predicted octanol–water partition coefficient (Wildman–Crippen LogP) is 0.371. The van der Waals surface area contributed by atoms with E-state index in [-0.39, 0.29) is 6.42 Å². The average molecular weight is 142 g/mol. The molecule has 1 aliphatic heterocycles. The van der Waals surface area contributed by atoms with Crippen molar-refractivity contribution in [2.75, 3.05) is 19.6 Å². The highest BCUT2D eigenvalue weighted by atomic mass is 16.4. The van der Waals surface area contributed by atoms with Crippen LogP contribution in [0.5, 0.6) is 0 Å². The molecule has 1 saturated heterocycles. The van der Waals surface area contributed by atoms with Crippen LogP contribution in [0.1, 0.15) is 12.8 Å². The zero-order chi connectivity index (χ0) is 7.40. The van der Waals surface area contributed by atoms with Crippen LogP contribution in [0, 0.1) is 6.42 Å². The van der Waals surface area contributed by atoms with Gasteiger partial charge in [-0.05, 0) is 19.4 Å². The lowest BCUT2D eigenvalue weighted by Gasteiger charge is -2.11.